The van der Waals surface area contributed by atoms with Gasteiger partial charge < -0.3 is 15.4 Å². The third kappa shape index (κ3) is 6.21. The van der Waals surface area contributed by atoms with Crippen LogP contribution in [0, 0.1) is 0 Å². The van der Waals surface area contributed by atoms with Crippen molar-refractivity contribution in [1.82, 2.24) is 15.5 Å². The largest absolute Gasteiger partial charge is 0.379 e. The van der Waals surface area contributed by atoms with Crippen molar-refractivity contribution in [3.05, 3.63) is 35.9 Å². The average molecular weight is 387 g/mol. The van der Waals surface area contributed by atoms with E-state index in [1.54, 1.807) is 0 Å². The first-order chi connectivity index (χ1) is 13.8. The Bertz CT molecular complexity index is 578. The molecule has 2 N–H and O–H groups in total. The van der Waals surface area contributed by atoms with Gasteiger partial charge in [-0.3, -0.25) is 9.89 Å². The SMILES string of the molecule is CCNC(=NCC1(c2ccccc2)CCCC1)NCCCCN1CCOCC1. The van der Waals surface area contributed by atoms with Crippen molar-refractivity contribution < 1.29 is 4.74 Å². The van der Waals surface area contributed by atoms with Crippen molar-refractivity contribution in [3.8, 4) is 0 Å². The number of nitrogens with one attached hydrogen (secondary N) is 2. The second kappa shape index (κ2) is 11.4. The molecule has 3 rings (SSSR count). The third-order valence-corrected chi connectivity index (χ3v) is 6.13. The number of unbranched alkanes of at least 4 members (excludes halogenated alkanes) is 1. The molecule has 0 spiro atoms. The van der Waals surface area contributed by atoms with Crippen LogP contribution in [0.2, 0.25) is 0 Å². The Labute approximate surface area is 170 Å². The monoisotopic (exact) mass is 386 g/mol. The molecule has 1 heterocycles. The Kier molecular flexibility index (Phi) is 8.62. The molecule has 5 heteroatoms. The molecule has 0 amide bonds. The van der Waals surface area contributed by atoms with Crippen LogP contribution in [-0.4, -0.2) is 63.3 Å². The fourth-order valence-electron chi connectivity index (χ4n) is 4.45. The van der Waals surface area contributed by atoms with E-state index in [9.17, 15) is 0 Å². The van der Waals surface area contributed by atoms with E-state index in [4.69, 9.17) is 9.73 Å². The van der Waals surface area contributed by atoms with E-state index in [1.807, 2.05) is 0 Å². The first kappa shape index (κ1) is 21.1. The summed E-state index contributed by atoms with van der Waals surface area (Å²) in [7, 11) is 0. The topological polar surface area (TPSA) is 48.9 Å². The molecule has 1 aromatic carbocycles. The van der Waals surface area contributed by atoms with E-state index in [-0.39, 0.29) is 5.41 Å². The Hall–Kier alpha value is -1.59. The molecule has 2 fully saturated rings. The molecule has 156 valence electrons. The van der Waals surface area contributed by atoms with Crippen molar-refractivity contribution in [2.45, 2.75) is 50.9 Å². The minimum Gasteiger partial charge on any atom is -0.379 e. The number of guanidine groups is 1. The van der Waals surface area contributed by atoms with Crippen LogP contribution >= 0.6 is 0 Å². The zero-order chi connectivity index (χ0) is 19.5. The maximum Gasteiger partial charge on any atom is 0.191 e. The van der Waals surface area contributed by atoms with Crippen LogP contribution in [-0.2, 0) is 10.2 Å². The Balaban J connectivity index is 1.47. The Morgan fingerprint density at radius 2 is 1.82 bits per heavy atom. The van der Waals surface area contributed by atoms with E-state index in [1.165, 1.54) is 50.6 Å². The van der Waals surface area contributed by atoms with Crippen molar-refractivity contribution in [3.63, 3.8) is 0 Å². The molecule has 1 aromatic rings. The number of nitrogens with zero attached hydrogens (tertiary/aromatic N) is 2. The fourth-order valence-corrected chi connectivity index (χ4v) is 4.45. The van der Waals surface area contributed by atoms with E-state index >= 15 is 0 Å². The van der Waals surface area contributed by atoms with E-state index in [0.29, 0.717) is 0 Å². The molecule has 0 aromatic heterocycles. The predicted octanol–water partition coefficient (Wildman–Crippen LogP) is 3.17. The standard InChI is InChI=1S/C23H38N4O/c1-2-24-22(25-14-8-9-15-27-16-18-28-19-17-27)26-20-23(12-6-7-13-23)21-10-4-3-5-11-21/h3-5,10-11H,2,6-9,12-20H2,1H3,(H2,24,25,26). The van der Waals surface area contributed by atoms with E-state index in [2.05, 4.69) is 52.8 Å². The minimum absolute atomic E-state index is 0.222. The van der Waals surface area contributed by atoms with Crippen LogP contribution in [0.15, 0.2) is 35.3 Å². The number of hydrogen-bond donors (Lipinski definition) is 2. The van der Waals surface area contributed by atoms with Gasteiger partial charge in [-0.25, -0.2) is 0 Å². The van der Waals surface area contributed by atoms with Gasteiger partial charge in [0.1, 0.15) is 0 Å². The number of rotatable bonds is 9. The summed E-state index contributed by atoms with van der Waals surface area (Å²) in [5.41, 5.74) is 1.68. The smallest absolute Gasteiger partial charge is 0.191 e. The number of morpholine rings is 1. The van der Waals surface area contributed by atoms with Crippen LogP contribution < -0.4 is 10.6 Å². The Morgan fingerprint density at radius 1 is 1.07 bits per heavy atom. The second-order valence-corrected chi connectivity index (χ2v) is 8.14. The highest BCUT2D eigenvalue weighted by Crippen LogP contribution is 2.41. The zero-order valence-electron chi connectivity index (χ0n) is 17.6. The third-order valence-electron chi connectivity index (χ3n) is 6.13. The Morgan fingerprint density at radius 3 is 2.54 bits per heavy atom. The molecule has 0 unspecified atom stereocenters. The lowest BCUT2D eigenvalue weighted by molar-refractivity contribution is 0.0372. The summed E-state index contributed by atoms with van der Waals surface area (Å²) in [4.78, 5) is 7.51. The average Bonchev–Trinajstić information content (AvgIpc) is 3.23. The lowest BCUT2D eigenvalue weighted by Crippen LogP contribution is -2.40. The highest BCUT2D eigenvalue weighted by molar-refractivity contribution is 5.79. The molecule has 0 radical (unpaired) electrons. The van der Waals surface area contributed by atoms with Crippen LogP contribution in [0.3, 0.4) is 0 Å². The normalized spacial score (nSPS) is 20.2. The quantitative estimate of drug-likeness (QED) is 0.389. The van der Waals surface area contributed by atoms with Crippen molar-refractivity contribution >= 4 is 5.96 Å². The van der Waals surface area contributed by atoms with Gasteiger partial charge in [0.2, 0.25) is 0 Å². The number of aliphatic imine (C=N–C) groups is 1. The van der Waals surface area contributed by atoms with E-state index in [0.717, 1.165) is 51.9 Å². The molecule has 1 saturated heterocycles. The summed E-state index contributed by atoms with van der Waals surface area (Å²) in [6, 6.07) is 11.0. The van der Waals surface area contributed by atoms with Gasteiger partial charge in [0.15, 0.2) is 5.96 Å². The maximum atomic E-state index is 5.42. The van der Waals surface area contributed by atoms with Gasteiger partial charge in [-0.15, -0.1) is 0 Å². The maximum absolute atomic E-state index is 5.42. The second-order valence-electron chi connectivity index (χ2n) is 8.14. The molecule has 5 nitrogen and oxygen atoms in total. The number of hydrogen-bond acceptors (Lipinski definition) is 3. The minimum atomic E-state index is 0.222. The molecule has 28 heavy (non-hydrogen) atoms. The summed E-state index contributed by atoms with van der Waals surface area (Å²) < 4.78 is 5.42. The first-order valence-corrected chi connectivity index (χ1v) is 11.2. The van der Waals surface area contributed by atoms with Gasteiger partial charge in [0, 0.05) is 31.6 Å². The summed E-state index contributed by atoms with van der Waals surface area (Å²) in [6.45, 7) is 10.0. The van der Waals surface area contributed by atoms with Gasteiger partial charge in [-0.2, -0.15) is 0 Å². The molecule has 1 aliphatic carbocycles. The van der Waals surface area contributed by atoms with Gasteiger partial charge in [-0.05, 0) is 44.7 Å². The van der Waals surface area contributed by atoms with Crippen LogP contribution in [0.5, 0.6) is 0 Å². The first-order valence-electron chi connectivity index (χ1n) is 11.2. The van der Waals surface area contributed by atoms with Gasteiger partial charge >= 0.3 is 0 Å². The molecule has 0 bridgehead atoms. The van der Waals surface area contributed by atoms with Gasteiger partial charge in [0.25, 0.3) is 0 Å². The van der Waals surface area contributed by atoms with Crippen molar-refractivity contribution in [2.75, 3.05) is 52.5 Å². The predicted molar refractivity (Wildman–Crippen MR) is 117 cm³/mol. The lowest BCUT2D eigenvalue weighted by atomic mass is 9.79. The summed E-state index contributed by atoms with van der Waals surface area (Å²) in [5, 5.41) is 6.97. The van der Waals surface area contributed by atoms with E-state index < -0.39 is 0 Å². The molecule has 0 atom stereocenters. The van der Waals surface area contributed by atoms with Gasteiger partial charge in [0.05, 0.1) is 19.8 Å². The lowest BCUT2D eigenvalue weighted by Gasteiger charge is -2.28. The van der Waals surface area contributed by atoms with Crippen molar-refractivity contribution in [1.29, 1.82) is 0 Å². The summed E-state index contributed by atoms with van der Waals surface area (Å²) in [6.07, 6.45) is 7.52. The highest BCUT2D eigenvalue weighted by atomic mass is 16.5. The van der Waals surface area contributed by atoms with Gasteiger partial charge in [-0.1, -0.05) is 43.2 Å². The van der Waals surface area contributed by atoms with Crippen LogP contribution in [0.4, 0.5) is 0 Å². The van der Waals surface area contributed by atoms with Crippen LogP contribution in [0.1, 0.15) is 51.0 Å². The molecule has 2 aliphatic rings. The molecule has 1 aliphatic heterocycles. The summed E-state index contributed by atoms with van der Waals surface area (Å²) >= 11 is 0. The zero-order valence-corrected chi connectivity index (χ0v) is 17.6. The van der Waals surface area contributed by atoms with Crippen LogP contribution in [0.25, 0.3) is 0 Å². The number of ether oxygens (including phenoxy) is 1. The summed E-state index contributed by atoms with van der Waals surface area (Å²) in [5.74, 6) is 0.969. The fraction of sp³-hybridized carbons (Fsp3) is 0.696. The number of benzene rings is 1. The highest BCUT2D eigenvalue weighted by Gasteiger charge is 2.35. The van der Waals surface area contributed by atoms with Crippen molar-refractivity contribution in [2.24, 2.45) is 4.99 Å². The molecular weight excluding hydrogens is 348 g/mol. The molecular formula is C23H38N4O. The molecule has 1 saturated carbocycles.